The fourth-order valence-electron chi connectivity index (χ4n) is 2.57. The molecule has 0 fully saturated rings. The molecule has 1 aliphatic heterocycles. The molecule has 0 saturated carbocycles. The van der Waals surface area contributed by atoms with E-state index >= 15 is 0 Å². The smallest absolute Gasteiger partial charge is 0.156 e. The van der Waals surface area contributed by atoms with E-state index < -0.39 is 5.72 Å². The van der Waals surface area contributed by atoms with E-state index in [9.17, 15) is 5.11 Å². The number of benzene rings is 1. The molecule has 1 unspecified atom stereocenters. The van der Waals surface area contributed by atoms with Crippen LogP contribution in [0, 0.1) is 0 Å². The summed E-state index contributed by atoms with van der Waals surface area (Å²) in [6.45, 7) is 4.58. The van der Waals surface area contributed by atoms with Crippen LogP contribution in [0.25, 0.3) is 5.57 Å². The van der Waals surface area contributed by atoms with E-state index in [1.807, 2.05) is 45.2 Å². The number of allylic oxidation sites excluding steroid dienone is 2. The zero-order valence-corrected chi connectivity index (χ0v) is 14.3. The molecule has 1 N–H and O–H groups in total. The van der Waals surface area contributed by atoms with Crippen LogP contribution >= 0.6 is 0 Å². The second-order valence-electron chi connectivity index (χ2n) is 6.31. The summed E-state index contributed by atoms with van der Waals surface area (Å²) >= 11 is 0. The second-order valence-corrected chi connectivity index (χ2v) is 6.31. The summed E-state index contributed by atoms with van der Waals surface area (Å²) in [5.74, 6) is 0.887. The summed E-state index contributed by atoms with van der Waals surface area (Å²) in [6, 6.07) is 6.26. The first-order valence-corrected chi connectivity index (χ1v) is 7.43. The molecule has 2 rings (SSSR count). The van der Waals surface area contributed by atoms with Gasteiger partial charge in [-0.15, -0.1) is 0 Å². The summed E-state index contributed by atoms with van der Waals surface area (Å²) in [4.78, 5) is 3.95. The normalized spacial score (nSPS) is 21.7. The van der Waals surface area contributed by atoms with Gasteiger partial charge in [-0.25, -0.2) is 0 Å². The minimum atomic E-state index is -0.932. The van der Waals surface area contributed by atoms with Crippen LogP contribution in [0.4, 0.5) is 0 Å². The lowest BCUT2D eigenvalue weighted by Gasteiger charge is -2.37. The Bertz CT molecular complexity index is 616. The van der Waals surface area contributed by atoms with Crippen molar-refractivity contribution in [3.8, 4) is 5.75 Å². The Morgan fingerprint density at radius 2 is 2.00 bits per heavy atom. The van der Waals surface area contributed by atoms with Crippen LogP contribution in [0.5, 0.6) is 5.75 Å². The fourth-order valence-corrected chi connectivity index (χ4v) is 2.57. The molecular weight excluding hydrogens is 276 g/mol. The van der Waals surface area contributed by atoms with Gasteiger partial charge in [0.2, 0.25) is 0 Å². The topological polar surface area (TPSA) is 35.9 Å². The molecular formula is C18H26N2O2. The molecule has 0 bridgehead atoms. The summed E-state index contributed by atoms with van der Waals surface area (Å²) < 4.78 is 5.53. The average Bonchev–Trinajstić information content (AvgIpc) is 2.44. The van der Waals surface area contributed by atoms with Crippen LogP contribution in [0.1, 0.15) is 25.0 Å². The average molecular weight is 302 g/mol. The maximum absolute atomic E-state index is 10.4. The van der Waals surface area contributed by atoms with Crippen molar-refractivity contribution in [2.75, 3.05) is 28.3 Å². The van der Waals surface area contributed by atoms with Gasteiger partial charge in [-0.3, -0.25) is 0 Å². The number of rotatable bonds is 4. The van der Waals surface area contributed by atoms with Crippen molar-refractivity contribution in [3.63, 3.8) is 0 Å². The van der Waals surface area contributed by atoms with Crippen LogP contribution in [0.3, 0.4) is 0 Å². The largest absolute Gasteiger partial charge is 0.496 e. The maximum Gasteiger partial charge on any atom is 0.156 e. The van der Waals surface area contributed by atoms with Gasteiger partial charge in [-0.05, 0) is 56.8 Å². The molecule has 0 saturated heterocycles. The highest BCUT2D eigenvalue weighted by atomic mass is 16.5. The van der Waals surface area contributed by atoms with Gasteiger partial charge in [0.15, 0.2) is 5.72 Å². The minimum Gasteiger partial charge on any atom is -0.496 e. The van der Waals surface area contributed by atoms with E-state index in [1.165, 1.54) is 0 Å². The number of ether oxygens (including phenoxy) is 1. The van der Waals surface area contributed by atoms with Crippen molar-refractivity contribution in [1.82, 2.24) is 9.80 Å². The van der Waals surface area contributed by atoms with Crippen molar-refractivity contribution in [2.24, 2.45) is 0 Å². The Morgan fingerprint density at radius 1 is 1.32 bits per heavy atom. The number of methoxy groups -OCH3 is 1. The van der Waals surface area contributed by atoms with E-state index in [2.05, 4.69) is 23.1 Å². The van der Waals surface area contributed by atoms with Gasteiger partial charge in [0.05, 0.1) is 7.11 Å². The Hall–Kier alpha value is -1.78. The summed E-state index contributed by atoms with van der Waals surface area (Å²) in [5.41, 5.74) is 3.30. The SMILES string of the molecule is COc1cc(C2=CN(C)C(C)(O)C(C)=C2)ccc1CN(C)C. The number of likely N-dealkylation sites (N-methyl/N-ethyl adjacent to an activating group) is 1. The first kappa shape index (κ1) is 16.6. The maximum atomic E-state index is 10.4. The lowest BCUT2D eigenvalue weighted by molar-refractivity contribution is -0.0195. The third-order valence-electron chi connectivity index (χ3n) is 4.25. The predicted molar refractivity (Wildman–Crippen MR) is 90.5 cm³/mol. The predicted octanol–water partition coefficient (Wildman–Crippen LogP) is 2.70. The molecule has 120 valence electrons. The highest BCUT2D eigenvalue weighted by Crippen LogP contribution is 2.33. The zero-order chi connectivity index (χ0) is 16.5. The molecule has 22 heavy (non-hydrogen) atoms. The highest BCUT2D eigenvalue weighted by Gasteiger charge is 2.29. The van der Waals surface area contributed by atoms with Crippen molar-refractivity contribution in [2.45, 2.75) is 26.1 Å². The van der Waals surface area contributed by atoms with Crippen molar-refractivity contribution in [3.05, 3.63) is 47.2 Å². The van der Waals surface area contributed by atoms with Gasteiger partial charge in [-0.1, -0.05) is 12.1 Å². The van der Waals surface area contributed by atoms with Crippen LogP contribution in [-0.2, 0) is 6.54 Å². The summed E-state index contributed by atoms with van der Waals surface area (Å²) in [7, 11) is 7.67. The molecule has 0 spiro atoms. The molecule has 1 aliphatic rings. The van der Waals surface area contributed by atoms with Crippen LogP contribution < -0.4 is 4.74 Å². The van der Waals surface area contributed by atoms with Crippen molar-refractivity contribution >= 4 is 5.57 Å². The summed E-state index contributed by atoms with van der Waals surface area (Å²) in [6.07, 6.45) is 3.99. The first-order valence-electron chi connectivity index (χ1n) is 7.43. The van der Waals surface area contributed by atoms with E-state index in [0.29, 0.717) is 0 Å². The van der Waals surface area contributed by atoms with Gasteiger partial charge in [0, 0.05) is 25.4 Å². The van der Waals surface area contributed by atoms with Gasteiger partial charge >= 0.3 is 0 Å². The number of aliphatic hydroxyl groups is 1. The molecule has 1 aromatic carbocycles. The Labute approximate surface area is 133 Å². The van der Waals surface area contributed by atoms with Gasteiger partial charge < -0.3 is 19.6 Å². The first-order chi connectivity index (χ1) is 10.3. The molecule has 1 atom stereocenters. The fraction of sp³-hybridized carbons (Fsp3) is 0.444. The standard InChI is InChI=1S/C18H26N2O2/c1-13-9-16(12-20(5)18(13,2)21)14-7-8-15(11-19(3)4)17(10-14)22-6/h7-10,12,21H,11H2,1-6H3. The van der Waals surface area contributed by atoms with E-state index in [4.69, 9.17) is 4.74 Å². The Kier molecular flexibility index (Phi) is 4.63. The second kappa shape index (κ2) is 6.15. The van der Waals surface area contributed by atoms with E-state index in [1.54, 1.807) is 14.0 Å². The minimum absolute atomic E-state index is 0.839. The molecule has 4 heteroatoms. The monoisotopic (exact) mass is 302 g/mol. The molecule has 4 nitrogen and oxygen atoms in total. The Morgan fingerprint density at radius 3 is 2.55 bits per heavy atom. The third-order valence-corrected chi connectivity index (χ3v) is 4.25. The van der Waals surface area contributed by atoms with Gasteiger partial charge in [0.25, 0.3) is 0 Å². The zero-order valence-electron chi connectivity index (χ0n) is 14.3. The van der Waals surface area contributed by atoms with Gasteiger partial charge in [0.1, 0.15) is 5.75 Å². The third kappa shape index (κ3) is 3.18. The summed E-state index contributed by atoms with van der Waals surface area (Å²) in [5, 5.41) is 10.4. The van der Waals surface area contributed by atoms with Crippen molar-refractivity contribution < 1.29 is 9.84 Å². The molecule has 0 aliphatic carbocycles. The highest BCUT2D eigenvalue weighted by molar-refractivity contribution is 5.77. The van der Waals surface area contributed by atoms with Crippen molar-refractivity contribution in [1.29, 1.82) is 0 Å². The van der Waals surface area contributed by atoms with Gasteiger partial charge in [-0.2, -0.15) is 0 Å². The molecule has 0 amide bonds. The van der Waals surface area contributed by atoms with Crippen LogP contribution in [-0.4, -0.2) is 48.9 Å². The molecule has 0 radical (unpaired) electrons. The lowest BCUT2D eigenvalue weighted by Crippen LogP contribution is -2.43. The quantitative estimate of drug-likeness (QED) is 0.927. The van der Waals surface area contributed by atoms with E-state index in [-0.39, 0.29) is 0 Å². The molecule has 0 aromatic heterocycles. The number of hydrogen-bond donors (Lipinski definition) is 1. The van der Waals surface area contributed by atoms with Crippen LogP contribution in [0.2, 0.25) is 0 Å². The Balaban J connectivity index is 2.38. The van der Waals surface area contributed by atoms with E-state index in [0.717, 1.165) is 34.6 Å². The molecule has 1 heterocycles. The van der Waals surface area contributed by atoms with Crippen LogP contribution in [0.15, 0.2) is 36.0 Å². The number of hydrogen-bond acceptors (Lipinski definition) is 4. The lowest BCUT2D eigenvalue weighted by atomic mass is 9.94. The molecule has 1 aromatic rings. The number of nitrogens with zero attached hydrogens (tertiary/aromatic N) is 2.